The Morgan fingerprint density at radius 1 is 1.12 bits per heavy atom. The highest BCUT2D eigenvalue weighted by atomic mass is 35.5. The summed E-state index contributed by atoms with van der Waals surface area (Å²) in [5, 5.41) is 2.99. The number of thiazole rings is 1. The molecule has 0 unspecified atom stereocenters. The third kappa shape index (κ3) is 4.80. The van der Waals surface area contributed by atoms with Crippen LogP contribution in [0.4, 0.5) is 5.13 Å². The normalized spacial score (nSPS) is 15.2. The van der Waals surface area contributed by atoms with E-state index in [4.69, 9.17) is 21.3 Å². The summed E-state index contributed by atoms with van der Waals surface area (Å²) in [6.45, 7) is 5.56. The first-order valence-corrected chi connectivity index (χ1v) is 13.4. The number of nitrogens with zero attached hydrogens (tertiary/aromatic N) is 2. The fraction of sp³-hybridized carbons (Fsp3) is 0.375. The summed E-state index contributed by atoms with van der Waals surface area (Å²) in [5.41, 5.74) is 4.88. The number of anilines is 1. The highest BCUT2D eigenvalue weighted by molar-refractivity contribution is 7.92. The van der Waals surface area contributed by atoms with Gasteiger partial charge in [0.1, 0.15) is 10.6 Å². The Hall–Kier alpha value is -2.09. The van der Waals surface area contributed by atoms with Crippen LogP contribution in [-0.4, -0.2) is 38.9 Å². The molecule has 8 heteroatoms. The Bertz CT molecular complexity index is 1220. The number of hydrogen-bond donors (Lipinski definition) is 0. The number of aromatic nitrogens is 1. The molecule has 1 saturated heterocycles. The first kappa shape index (κ1) is 23.1. The monoisotopic (exact) mass is 490 g/mol. The maximum absolute atomic E-state index is 13.3. The molecule has 4 rings (SSSR count). The predicted molar refractivity (Wildman–Crippen MR) is 131 cm³/mol. The van der Waals surface area contributed by atoms with Crippen LogP contribution in [0.25, 0.3) is 0 Å². The second kappa shape index (κ2) is 9.41. The predicted octanol–water partition coefficient (Wildman–Crippen LogP) is 5.46. The summed E-state index contributed by atoms with van der Waals surface area (Å²) in [4.78, 5) is 7.19. The van der Waals surface area contributed by atoms with E-state index in [0.717, 1.165) is 17.2 Å². The first-order valence-electron chi connectivity index (χ1n) is 10.6. The fourth-order valence-electron chi connectivity index (χ4n) is 4.06. The lowest BCUT2D eigenvalue weighted by molar-refractivity contribution is 0.402. The van der Waals surface area contributed by atoms with Crippen molar-refractivity contribution < 1.29 is 13.2 Å². The second-order valence-corrected chi connectivity index (χ2v) is 11.7. The number of benzene rings is 2. The van der Waals surface area contributed by atoms with Gasteiger partial charge in [-0.05, 0) is 61.6 Å². The van der Waals surface area contributed by atoms with E-state index in [2.05, 4.69) is 42.3 Å². The quantitative estimate of drug-likeness (QED) is 0.459. The largest absolute Gasteiger partial charge is 0.495 e. The van der Waals surface area contributed by atoms with E-state index in [9.17, 15) is 8.42 Å². The molecule has 1 fully saturated rings. The van der Waals surface area contributed by atoms with Gasteiger partial charge in [-0.25, -0.2) is 13.4 Å². The van der Waals surface area contributed by atoms with Gasteiger partial charge in [-0.3, -0.25) is 0 Å². The van der Waals surface area contributed by atoms with Gasteiger partial charge in [0.15, 0.2) is 15.0 Å². The molecule has 0 amide bonds. The zero-order valence-electron chi connectivity index (χ0n) is 18.5. The third-order valence-corrected chi connectivity index (χ3v) is 9.55. The minimum Gasteiger partial charge on any atom is -0.495 e. The second-order valence-electron chi connectivity index (χ2n) is 8.24. The number of aryl methyl sites for hydroxylation is 2. The van der Waals surface area contributed by atoms with E-state index in [1.54, 1.807) is 23.5 Å². The van der Waals surface area contributed by atoms with Crippen LogP contribution in [-0.2, 0) is 16.3 Å². The van der Waals surface area contributed by atoms with Crippen LogP contribution in [0.15, 0.2) is 46.7 Å². The van der Waals surface area contributed by atoms with Crippen molar-refractivity contribution in [3.05, 3.63) is 69.2 Å². The molecule has 3 aromatic rings. The molecule has 32 heavy (non-hydrogen) atoms. The molecule has 1 aliphatic heterocycles. The molecule has 0 N–H and O–H groups in total. The van der Waals surface area contributed by atoms with Crippen molar-refractivity contribution in [1.82, 2.24) is 4.98 Å². The number of hydrogen-bond acceptors (Lipinski definition) is 6. The maximum Gasteiger partial charge on any atom is 0.185 e. The van der Waals surface area contributed by atoms with Crippen molar-refractivity contribution in [2.24, 2.45) is 0 Å². The Labute approximate surface area is 198 Å². The summed E-state index contributed by atoms with van der Waals surface area (Å²) in [6, 6.07) is 11.3. The van der Waals surface area contributed by atoms with Gasteiger partial charge in [-0.2, -0.15) is 0 Å². The molecule has 1 aromatic heterocycles. The van der Waals surface area contributed by atoms with Crippen molar-refractivity contribution in [3.8, 4) is 5.75 Å². The summed E-state index contributed by atoms with van der Waals surface area (Å²) in [6.07, 6.45) is 1.89. The van der Waals surface area contributed by atoms with Crippen LogP contribution in [0.3, 0.4) is 0 Å². The minimum atomic E-state index is -3.53. The van der Waals surface area contributed by atoms with Crippen LogP contribution in [0.5, 0.6) is 5.75 Å². The molecule has 0 bridgehead atoms. The zero-order chi connectivity index (χ0) is 22.9. The molecule has 5 nitrogen and oxygen atoms in total. The van der Waals surface area contributed by atoms with Gasteiger partial charge in [0.2, 0.25) is 0 Å². The number of halogens is 1. The topological polar surface area (TPSA) is 59.5 Å². The lowest BCUT2D eigenvalue weighted by atomic mass is 10.0. The summed E-state index contributed by atoms with van der Waals surface area (Å²) >= 11 is 7.69. The maximum atomic E-state index is 13.3. The Morgan fingerprint density at radius 3 is 2.56 bits per heavy atom. The Morgan fingerprint density at radius 2 is 1.88 bits per heavy atom. The lowest BCUT2D eigenvalue weighted by Crippen LogP contribution is -2.39. The van der Waals surface area contributed by atoms with Crippen LogP contribution < -0.4 is 9.64 Å². The molecule has 0 atom stereocenters. The number of sulfone groups is 1. The fourth-order valence-corrected chi connectivity index (χ4v) is 7.08. The lowest BCUT2D eigenvalue weighted by Gasteiger charge is -2.31. The number of rotatable bonds is 6. The van der Waals surface area contributed by atoms with Gasteiger partial charge in [0.05, 0.1) is 18.1 Å². The van der Waals surface area contributed by atoms with Gasteiger partial charge in [-0.1, -0.05) is 29.8 Å². The zero-order valence-corrected chi connectivity index (χ0v) is 20.9. The summed E-state index contributed by atoms with van der Waals surface area (Å²) in [7, 11) is -2.05. The van der Waals surface area contributed by atoms with Crippen molar-refractivity contribution >= 4 is 37.9 Å². The molecule has 170 valence electrons. The third-order valence-electron chi connectivity index (χ3n) is 6.08. The highest BCUT2D eigenvalue weighted by Crippen LogP contribution is 2.34. The van der Waals surface area contributed by atoms with E-state index in [1.165, 1.54) is 29.9 Å². The Balaban J connectivity index is 1.43. The molecule has 0 radical (unpaired) electrons. The number of piperidine rings is 1. The molecule has 0 spiro atoms. The van der Waals surface area contributed by atoms with Crippen LogP contribution in [0.2, 0.25) is 5.02 Å². The average Bonchev–Trinajstić information content (AvgIpc) is 3.25. The minimum absolute atomic E-state index is 0.177. The van der Waals surface area contributed by atoms with Gasteiger partial charge >= 0.3 is 0 Å². The summed E-state index contributed by atoms with van der Waals surface area (Å²) < 4.78 is 31.8. The summed E-state index contributed by atoms with van der Waals surface area (Å²) in [5.74, 6) is 0.340. The average molecular weight is 491 g/mol. The van der Waals surface area contributed by atoms with Crippen molar-refractivity contribution in [2.45, 2.75) is 43.3 Å². The molecular weight excluding hydrogens is 464 g/mol. The van der Waals surface area contributed by atoms with Crippen molar-refractivity contribution in [2.75, 3.05) is 25.1 Å². The van der Waals surface area contributed by atoms with Crippen molar-refractivity contribution in [1.29, 1.82) is 0 Å². The highest BCUT2D eigenvalue weighted by Gasteiger charge is 2.34. The molecule has 0 saturated carbocycles. The Kier molecular flexibility index (Phi) is 6.79. The van der Waals surface area contributed by atoms with Gasteiger partial charge in [-0.15, -0.1) is 11.3 Å². The van der Waals surface area contributed by atoms with E-state index < -0.39 is 15.1 Å². The van der Waals surface area contributed by atoms with E-state index in [1.807, 2.05) is 0 Å². The van der Waals surface area contributed by atoms with Crippen LogP contribution >= 0.6 is 22.9 Å². The van der Waals surface area contributed by atoms with Gasteiger partial charge in [0, 0.05) is 29.9 Å². The van der Waals surface area contributed by atoms with E-state index in [-0.39, 0.29) is 4.90 Å². The molecular formula is C24H27ClN2O3S2. The molecule has 0 aliphatic carbocycles. The van der Waals surface area contributed by atoms with Gasteiger partial charge < -0.3 is 9.64 Å². The number of methoxy groups -OCH3 is 1. The molecule has 2 heterocycles. The first-order chi connectivity index (χ1) is 15.3. The van der Waals surface area contributed by atoms with Crippen LogP contribution in [0, 0.1) is 13.8 Å². The smallest absolute Gasteiger partial charge is 0.185 e. The molecule has 1 aliphatic rings. The van der Waals surface area contributed by atoms with Crippen molar-refractivity contribution in [3.63, 3.8) is 0 Å². The SMILES string of the molecule is COc1ccc(Cl)cc1S(=O)(=O)C1CCN(c2nc(Cc3ccc(C)c(C)c3)cs2)CC1. The molecule has 2 aromatic carbocycles. The van der Waals surface area contributed by atoms with Gasteiger partial charge in [0.25, 0.3) is 0 Å². The van der Waals surface area contributed by atoms with E-state index in [0.29, 0.717) is 36.7 Å². The van der Waals surface area contributed by atoms with E-state index >= 15 is 0 Å². The standard InChI is InChI=1S/C24H27ClN2O3S2/c1-16-4-5-18(12-17(16)2)13-20-15-31-24(26-20)27-10-8-21(9-11-27)32(28,29)23-14-19(25)6-7-22(23)30-3/h4-7,12,14-15,21H,8-11,13H2,1-3H3. The number of ether oxygens (including phenoxy) is 1. The van der Waals surface area contributed by atoms with Crippen LogP contribution in [0.1, 0.15) is 35.2 Å².